The van der Waals surface area contributed by atoms with Gasteiger partial charge in [-0.2, -0.15) is 0 Å². The number of carbonyl (C=O) groups excluding carboxylic acids is 2. The van der Waals surface area contributed by atoms with Crippen molar-refractivity contribution in [2.24, 2.45) is 10.5 Å². The maximum Gasteiger partial charge on any atom is 0.317 e. The molecule has 0 aromatic carbocycles. The van der Waals surface area contributed by atoms with Crippen LogP contribution in [-0.2, 0) is 9.53 Å². The van der Waals surface area contributed by atoms with Crippen molar-refractivity contribution in [3.05, 3.63) is 18.0 Å². The number of methoxy groups -OCH3 is 1. The first kappa shape index (κ1) is 16.5. The Morgan fingerprint density at radius 2 is 2.05 bits per heavy atom. The third kappa shape index (κ3) is 4.23. The fraction of sp³-hybridized carbons (Fsp3) is 0.462. The summed E-state index contributed by atoms with van der Waals surface area (Å²) >= 11 is 0. The van der Waals surface area contributed by atoms with Crippen LogP contribution in [0.1, 0.15) is 31.3 Å². The van der Waals surface area contributed by atoms with Crippen LogP contribution in [0.3, 0.4) is 0 Å². The van der Waals surface area contributed by atoms with Gasteiger partial charge in [0.05, 0.1) is 12.5 Å². The van der Waals surface area contributed by atoms with E-state index in [0.717, 1.165) is 0 Å². The van der Waals surface area contributed by atoms with Gasteiger partial charge in [0.15, 0.2) is 17.2 Å². The second-order valence-electron chi connectivity index (χ2n) is 5.05. The molecule has 1 aromatic heterocycles. The van der Waals surface area contributed by atoms with E-state index in [1.807, 2.05) is 0 Å². The normalized spacial score (nSPS) is 10.7. The van der Waals surface area contributed by atoms with Crippen molar-refractivity contribution in [3.63, 3.8) is 0 Å². The minimum absolute atomic E-state index is 0.0253. The fourth-order valence-corrected chi connectivity index (χ4v) is 1.29. The third-order valence-corrected chi connectivity index (χ3v) is 2.40. The average Bonchev–Trinajstić information content (AvgIpc) is 2.45. The smallest absolute Gasteiger partial charge is 0.317 e. The Morgan fingerprint density at radius 1 is 1.38 bits per heavy atom. The summed E-state index contributed by atoms with van der Waals surface area (Å²) in [6.45, 7) is 4.70. The van der Waals surface area contributed by atoms with Crippen LogP contribution in [0.2, 0.25) is 0 Å². The lowest BCUT2D eigenvalue weighted by atomic mass is 9.98. The van der Waals surface area contributed by atoms with Crippen LogP contribution in [0.15, 0.2) is 17.4 Å². The largest absolute Gasteiger partial charge is 0.493 e. The maximum absolute atomic E-state index is 11.6. The lowest BCUT2D eigenvalue weighted by Gasteiger charge is -2.17. The lowest BCUT2D eigenvalue weighted by Crippen LogP contribution is -2.25. The molecule has 21 heavy (non-hydrogen) atoms. The Balaban J connectivity index is 2.89. The van der Waals surface area contributed by atoms with Gasteiger partial charge in [0.25, 0.3) is 0 Å². The molecule has 0 radical (unpaired) electrons. The van der Waals surface area contributed by atoms with E-state index in [9.17, 15) is 9.59 Å². The van der Waals surface area contributed by atoms with Gasteiger partial charge in [-0.15, -0.1) is 5.11 Å². The van der Waals surface area contributed by atoms with E-state index >= 15 is 0 Å². The predicted octanol–water partition coefficient (Wildman–Crippen LogP) is 2.19. The first-order valence-corrected chi connectivity index (χ1v) is 6.06. The highest BCUT2D eigenvalue weighted by Gasteiger charge is 2.24. The lowest BCUT2D eigenvalue weighted by molar-refractivity contribution is -0.159. The summed E-state index contributed by atoms with van der Waals surface area (Å²) in [5.41, 5.74) is 5.90. The highest BCUT2D eigenvalue weighted by molar-refractivity contribution is 5.95. The Labute approximate surface area is 121 Å². The summed E-state index contributed by atoms with van der Waals surface area (Å²) in [5, 5.41) is 2.78. The van der Waals surface area contributed by atoms with Gasteiger partial charge in [0, 0.05) is 12.3 Å². The van der Waals surface area contributed by atoms with Crippen molar-refractivity contribution in [3.8, 4) is 11.5 Å². The number of aromatic nitrogens is 1. The number of ether oxygens (including phenoxy) is 3. The second kappa shape index (κ2) is 6.78. The van der Waals surface area contributed by atoms with Crippen molar-refractivity contribution >= 4 is 11.9 Å². The zero-order valence-electron chi connectivity index (χ0n) is 12.3. The molecule has 0 aliphatic heterocycles. The molecule has 8 heteroatoms. The van der Waals surface area contributed by atoms with Crippen LogP contribution in [0, 0.1) is 10.9 Å². The fourth-order valence-electron chi connectivity index (χ4n) is 1.29. The first-order valence-electron chi connectivity index (χ1n) is 6.06. The number of nitrogens with one attached hydrogen (secondary N) is 1. The van der Waals surface area contributed by atoms with Gasteiger partial charge in [0.2, 0.25) is 6.79 Å². The minimum atomic E-state index is -0.883. The minimum Gasteiger partial charge on any atom is -0.493 e. The van der Waals surface area contributed by atoms with E-state index in [1.165, 1.54) is 19.4 Å². The molecule has 0 saturated heterocycles. The van der Waals surface area contributed by atoms with Crippen LogP contribution in [0.5, 0.6) is 11.5 Å². The van der Waals surface area contributed by atoms with E-state index in [4.69, 9.17) is 19.7 Å². The van der Waals surface area contributed by atoms with Gasteiger partial charge >= 0.3 is 11.9 Å². The highest BCUT2D eigenvalue weighted by atomic mass is 16.7. The number of carbonyl (C=O) groups is 2. The summed E-state index contributed by atoms with van der Waals surface area (Å²) < 4.78 is 15.2. The number of pyridine rings is 1. The quantitative estimate of drug-likeness (QED) is 0.506. The Morgan fingerprint density at radius 3 is 2.57 bits per heavy atom. The maximum atomic E-state index is 11.6. The molecule has 1 N–H and O–H groups in total. The summed E-state index contributed by atoms with van der Waals surface area (Å²) in [6.07, 6.45) is 1.32. The van der Waals surface area contributed by atoms with Crippen molar-refractivity contribution < 1.29 is 23.8 Å². The summed E-state index contributed by atoms with van der Waals surface area (Å²) in [6, 6.07) is 1.47. The molecule has 8 nitrogen and oxygen atoms in total. The van der Waals surface area contributed by atoms with Crippen LogP contribution < -0.4 is 9.47 Å². The number of esters is 1. The van der Waals surface area contributed by atoms with Gasteiger partial charge in [0.1, 0.15) is 0 Å². The Kier molecular flexibility index (Phi) is 5.34. The predicted molar refractivity (Wildman–Crippen MR) is 71.3 cm³/mol. The van der Waals surface area contributed by atoms with Gasteiger partial charge < -0.3 is 14.2 Å². The monoisotopic (exact) mass is 295 g/mol. The molecule has 0 saturated carbocycles. The van der Waals surface area contributed by atoms with Crippen LogP contribution in [0.25, 0.3) is 0 Å². The summed E-state index contributed by atoms with van der Waals surface area (Å²) in [5.74, 6) is -1.14. The van der Waals surface area contributed by atoms with Crippen molar-refractivity contribution in [2.75, 3.05) is 13.9 Å². The second-order valence-corrected chi connectivity index (χ2v) is 5.05. The number of rotatable bonds is 5. The highest BCUT2D eigenvalue weighted by Crippen LogP contribution is 2.30. The molecule has 1 aromatic rings. The number of hydrogen-bond acceptors (Lipinski definition) is 7. The van der Waals surface area contributed by atoms with E-state index in [2.05, 4.69) is 10.1 Å². The van der Waals surface area contributed by atoms with Gasteiger partial charge in [-0.25, -0.2) is 10.5 Å². The molecule has 1 rings (SSSR count). The molecule has 0 aliphatic rings. The molecule has 0 unspecified atom stereocenters. The first-order chi connectivity index (χ1) is 9.81. The molecular formula is C13H17N3O5. The SMILES string of the molecule is COc1ccnc(C(=O)N=N)c1OCOC(=O)C(C)(C)C. The zero-order chi connectivity index (χ0) is 16.0. The van der Waals surface area contributed by atoms with Crippen LogP contribution in [0.4, 0.5) is 0 Å². The van der Waals surface area contributed by atoms with Crippen molar-refractivity contribution in [2.45, 2.75) is 20.8 Å². The molecule has 1 heterocycles. The molecule has 0 fully saturated rings. The molecular weight excluding hydrogens is 278 g/mol. The van der Waals surface area contributed by atoms with Crippen LogP contribution in [-0.4, -0.2) is 30.8 Å². The zero-order valence-corrected chi connectivity index (χ0v) is 12.3. The van der Waals surface area contributed by atoms with Gasteiger partial charge in [-0.05, 0) is 20.8 Å². The van der Waals surface area contributed by atoms with Gasteiger partial charge in [-0.1, -0.05) is 0 Å². The molecule has 0 spiro atoms. The Bertz CT molecular complexity index is 551. The average molecular weight is 295 g/mol. The topological polar surface area (TPSA) is 111 Å². The number of amides is 1. The summed E-state index contributed by atoms with van der Waals surface area (Å²) in [7, 11) is 1.38. The van der Waals surface area contributed by atoms with E-state index in [-0.39, 0.29) is 17.2 Å². The van der Waals surface area contributed by atoms with E-state index in [0.29, 0.717) is 0 Å². The summed E-state index contributed by atoms with van der Waals surface area (Å²) in [4.78, 5) is 26.9. The van der Waals surface area contributed by atoms with Crippen LogP contribution >= 0.6 is 0 Å². The van der Waals surface area contributed by atoms with Gasteiger partial charge in [-0.3, -0.25) is 9.59 Å². The van der Waals surface area contributed by atoms with Crippen molar-refractivity contribution in [1.29, 1.82) is 5.53 Å². The molecule has 114 valence electrons. The number of nitrogens with zero attached hydrogens (tertiary/aromatic N) is 2. The van der Waals surface area contributed by atoms with E-state index < -0.39 is 24.1 Å². The molecule has 0 bridgehead atoms. The molecule has 1 amide bonds. The molecule has 0 atom stereocenters. The van der Waals surface area contributed by atoms with Crippen molar-refractivity contribution in [1.82, 2.24) is 4.98 Å². The molecule has 0 aliphatic carbocycles. The number of hydrogen-bond donors (Lipinski definition) is 1. The Hall–Kier alpha value is -2.51. The van der Waals surface area contributed by atoms with E-state index in [1.54, 1.807) is 20.8 Å². The third-order valence-electron chi connectivity index (χ3n) is 2.40. The standard InChI is InChI=1S/C13H17N3O5/c1-13(2,3)12(18)21-7-20-10-8(19-4)5-6-15-9(10)11(17)16-14/h5-6,14H,7H2,1-4H3.